The molecule has 5 heteroatoms. The zero-order valence-electron chi connectivity index (χ0n) is 10.9. The first kappa shape index (κ1) is 13.4. The number of aromatic amines is 1. The summed E-state index contributed by atoms with van der Waals surface area (Å²) in [7, 11) is 0. The topological polar surface area (TPSA) is 45.8 Å². The number of H-pyrrole nitrogens is 1. The van der Waals surface area contributed by atoms with Crippen molar-refractivity contribution >= 4 is 0 Å². The Hall–Kier alpha value is -2.04. The number of hydrogen-bond donors (Lipinski definition) is 1. The molecule has 2 rings (SSSR count). The number of halogens is 2. The van der Waals surface area contributed by atoms with Crippen LogP contribution >= 0.6 is 0 Å². The van der Waals surface area contributed by atoms with Crippen molar-refractivity contribution in [2.45, 2.75) is 26.7 Å². The molecule has 2 aromatic rings. The Morgan fingerprint density at radius 2 is 1.95 bits per heavy atom. The van der Waals surface area contributed by atoms with E-state index in [0.717, 1.165) is 6.07 Å². The number of aromatic nitrogens is 2. The minimum atomic E-state index is -0.726. The molecule has 0 aliphatic rings. The quantitative estimate of drug-likeness (QED) is 0.905. The van der Waals surface area contributed by atoms with E-state index in [0.29, 0.717) is 11.4 Å². The Bertz CT molecular complexity index is 678. The van der Waals surface area contributed by atoms with Crippen LogP contribution in [0.15, 0.2) is 23.0 Å². The molecule has 1 aromatic carbocycles. The average Bonchev–Trinajstić information content (AvgIpc) is 2.34. The summed E-state index contributed by atoms with van der Waals surface area (Å²) < 4.78 is 27.8. The summed E-state index contributed by atoms with van der Waals surface area (Å²) >= 11 is 0. The molecular weight excluding hydrogens is 250 g/mol. The van der Waals surface area contributed by atoms with Crippen molar-refractivity contribution in [2.75, 3.05) is 0 Å². The highest BCUT2D eigenvalue weighted by atomic mass is 19.1. The molecule has 100 valence electrons. The number of rotatable bonds is 2. The first-order chi connectivity index (χ1) is 8.90. The van der Waals surface area contributed by atoms with Crippen molar-refractivity contribution in [2.24, 2.45) is 0 Å². The molecule has 0 radical (unpaired) electrons. The Labute approximate surface area is 109 Å². The van der Waals surface area contributed by atoms with Crippen molar-refractivity contribution < 1.29 is 8.78 Å². The number of aryl methyl sites for hydroxylation is 1. The molecule has 0 bridgehead atoms. The maximum absolute atomic E-state index is 14.0. The minimum Gasteiger partial charge on any atom is -0.310 e. The van der Waals surface area contributed by atoms with Crippen molar-refractivity contribution in [1.82, 2.24) is 9.97 Å². The van der Waals surface area contributed by atoms with Crippen molar-refractivity contribution in [3.05, 3.63) is 51.6 Å². The molecule has 0 atom stereocenters. The lowest BCUT2D eigenvalue weighted by Gasteiger charge is -2.09. The molecule has 0 spiro atoms. The highest BCUT2D eigenvalue weighted by molar-refractivity contribution is 5.61. The van der Waals surface area contributed by atoms with E-state index >= 15 is 0 Å². The molecule has 0 amide bonds. The van der Waals surface area contributed by atoms with Gasteiger partial charge in [-0.2, -0.15) is 0 Å². The monoisotopic (exact) mass is 264 g/mol. The van der Waals surface area contributed by atoms with Crippen LogP contribution < -0.4 is 5.56 Å². The number of hydrogen-bond acceptors (Lipinski definition) is 2. The van der Waals surface area contributed by atoms with Gasteiger partial charge in [-0.05, 0) is 18.6 Å². The summed E-state index contributed by atoms with van der Waals surface area (Å²) in [6.07, 6.45) is 0. The van der Waals surface area contributed by atoms with E-state index in [9.17, 15) is 13.6 Å². The number of nitrogens with zero attached hydrogens (tertiary/aromatic N) is 1. The van der Waals surface area contributed by atoms with Crippen LogP contribution in [0.5, 0.6) is 0 Å². The highest BCUT2D eigenvalue weighted by Gasteiger charge is 2.16. The van der Waals surface area contributed by atoms with E-state index in [2.05, 4.69) is 9.97 Å². The molecule has 0 fully saturated rings. The van der Waals surface area contributed by atoms with Gasteiger partial charge in [-0.3, -0.25) is 4.79 Å². The molecule has 19 heavy (non-hydrogen) atoms. The van der Waals surface area contributed by atoms with Gasteiger partial charge in [0.05, 0.1) is 11.3 Å². The lowest BCUT2D eigenvalue weighted by molar-refractivity contribution is 0.582. The smallest absolute Gasteiger partial charge is 0.251 e. The highest BCUT2D eigenvalue weighted by Crippen LogP contribution is 2.26. The third-order valence-corrected chi connectivity index (χ3v) is 2.85. The predicted octanol–water partition coefficient (Wildman–Crippen LogP) is 3.15. The maximum atomic E-state index is 14.0. The van der Waals surface area contributed by atoms with Gasteiger partial charge in [0, 0.05) is 12.0 Å². The Morgan fingerprint density at radius 3 is 2.58 bits per heavy atom. The van der Waals surface area contributed by atoms with Crippen LogP contribution in [0.2, 0.25) is 0 Å². The molecule has 0 unspecified atom stereocenters. The summed E-state index contributed by atoms with van der Waals surface area (Å²) in [6, 6.07) is 3.63. The second-order valence-corrected chi connectivity index (χ2v) is 4.72. The maximum Gasteiger partial charge on any atom is 0.251 e. The third-order valence-electron chi connectivity index (χ3n) is 2.85. The van der Waals surface area contributed by atoms with E-state index in [1.807, 2.05) is 13.8 Å². The largest absolute Gasteiger partial charge is 0.310 e. The summed E-state index contributed by atoms with van der Waals surface area (Å²) in [5.41, 5.74) is -0.349. The zero-order chi connectivity index (χ0) is 14.2. The second-order valence-electron chi connectivity index (χ2n) is 4.72. The molecular formula is C14H14F2N2O. The molecule has 1 heterocycles. The van der Waals surface area contributed by atoms with Crippen LogP contribution in [0, 0.1) is 18.6 Å². The van der Waals surface area contributed by atoms with E-state index in [-0.39, 0.29) is 17.2 Å². The van der Waals surface area contributed by atoms with Crippen molar-refractivity contribution in [3.8, 4) is 11.3 Å². The fourth-order valence-electron chi connectivity index (χ4n) is 1.77. The van der Waals surface area contributed by atoms with Gasteiger partial charge in [0.2, 0.25) is 0 Å². The Morgan fingerprint density at radius 1 is 1.26 bits per heavy atom. The van der Waals surface area contributed by atoms with Gasteiger partial charge >= 0.3 is 0 Å². The van der Waals surface area contributed by atoms with Crippen LogP contribution in [-0.4, -0.2) is 9.97 Å². The summed E-state index contributed by atoms with van der Waals surface area (Å²) in [6.45, 7) is 5.21. The van der Waals surface area contributed by atoms with Crippen LogP contribution in [0.3, 0.4) is 0 Å². The van der Waals surface area contributed by atoms with Crippen molar-refractivity contribution in [1.29, 1.82) is 0 Å². The van der Waals surface area contributed by atoms with Crippen LogP contribution in [0.1, 0.15) is 31.2 Å². The minimum absolute atomic E-state index is 0.0196. The molecule has 3 nitrogen and oxygen atoms in total. The second kappa shape index (κ2) is 4.91. The van der Waals surface area contributed by atoms with Gasteiger partial charge in [0.25, 0.3) is 5.56 Å². The fraction of sp³-hybridized carbons (Fsp3) is 0.286. The lowest BCUT2D eigenvalue weighted by Crippen LogP contribution is -2.13. The van der Waals surface area contributed by atoms with E-state index < -0.39 is 17.2 Å². The average molecular weight is 264 g/mol. The third kappa shape index (κ3) is 2.54. The van der Waals surface area contributed by atoms with Gasteiger partial charge in [0.1, 0.15) is 17.5 Å². The molecule has 0 saturated heterocycles. The molecule has 0 saturated carbocycles. The van der Waals surface area contributed by atoms with Crippen LogP contribution in [0.25, 0.3) is 11.3 Å². The van der Waals surface area contributed by atoms with Gasteiger partial charge in [-0.25, -0.2) is 13.8 Å². The first-order valence-corrected chi connectivity index (χ1v) is 5.96. The van der Waals surface area contributed by atoms with Gasteiger partial charge in [0.15, 0.2) is 0 Å². The van der Waals surface area contributed by atoms with Gasteiger partial charge in [-0.15, -0.1) is 0 Å². The van der Waals surface area contributed by atoms with E-state index in [1.165, 1.54) is 19.1 Å². The zero-order valence-corrected chi connectivity index (χ0v) is 10.9. The summed E-state index contributed by atoms with van der Waals surface area (Å²) in [5.74, 6) is -1.05. The molecule has 0 aliphatic heterocycles. The van der Waals surface area contributed by atoms with Gasteiger partial charge < -0.3 is 4.98 Å². The molecule has 1 aromatic heterocycles. The van der Waals surface area contributed by atoms with Crippen LogP contribution in [-0.2, 0) is 0 Å². The Kier molecular flexibility index (Phi) is 3.46. The van der Waals surface area contributed by atoms with Crippen LogP contribution in [0.4, 0.5) is 8.78 Å². The summed E-state index contributed by atoms with van der Waals surface area (Å²) in [5, 5.41) is 0. The standard InChI is InChI=1S/C14H14F2N2O/c1-7(2)14-17-10(6-11(19)18-14)12-9(15)5-4-8(3)13(12)16/h4-7H,1-3H3,(H,17,18,19). The molecule has 1 N–H and O–H groups in total. The lowest BCUT2D eigenvalue weighted by atomic mass is 10.1. The molecule has 0 aliphatic carbocycles. The number of nitrogens with one attached hydrogen (secondary N) is 1. The fourth-order valence-corrected chi connectivity index (χ4v) is 1.77. The van der Waals surface area contributed by atoms with Crippen molar-refractivity contribution in [3.63, 3.8) is 0 Å². The predicted molar refractivity (Wildman–Crippen MR) is 69.0 cm³/mol. The Balaban J connectivity index is 2.72. The SMILES string of the molecule is Cc1ccc(F)c(-c2cc(=O)[nH]c(C(C)C)n2)c1F. The van der Waals surface area contributed by atoms with E-state index in [1.54, 1.807) is 0 Å². The van der Waals surface area contributed by atoms with E-state index in [4.69, 9.17) is 0 Å². The number of benzene rings is 1. The summed E-state index contributed by atoms with van der Waals surface area (Å²) in [4.78, 5) is 18.2. The first-order valence-electron chi connectivity index (χ1n) is 5.96. The van der Waals surface area contributed by atoms with Gasteiger partial charge in [-0.1, -0.05) is 19.9 Å². The normalized spacial score (nSPS) is 11.1.